The Morgan fingerprint density at radius 1 is 1.50 bits per heavy atom. The first-order valence-electron chi connectivity index (χ1n) is 3.85. The Labute approximate surface area is 70.2 Å². The standard InChI is InChI=1S/C7H12O5/c8-2-1-3-10-6(9)7-11-4-5-12-7/h7-8H,1-5H2. The zero-order valence-corrected chi connectivity index (χ0v) is 6.69. The molecule has 0 unspecified atom stereocenters. The summed E-state index contributed by atoms with van der Waals surface area (Å²) in [6.45, 7) is 1.08. The van der Waals surface area contributed by atoms with E-state index in [1.807, 2.05) is 0 Å². The van der Waals surface area contributed by atoms with Crippen molar-refractivity contribution in [2.45, 2.75) is 12.7 Å². The fourth-order valence-corrected chi connectivity index (χ4v) is 0.800. The minimum atomic E-state index is -0.858. The Hall–Kier alpha value is -0.650. The number of ether oxygens (including phenoxy) is 3. The van der Waals surface area contributed by atoms with Gasteiger partial charge in [0.25, 0.3) is 6.29 Å². The van der Waals surface area contributed by atoms with Crippen LogP contribution in [0.2, 0.25) is 0 Å². The van der Waals surface area contributed by atoms with E-state index in [1.165, 1.54) is 0 Å². The second-order valence-corrected chi connectivity index (χ2v) is 2.32. The first-order chi connectivity index (χ1) is 5.84. The summed E-state index contributed by atoms with van der Waals surface area (Å²) in [7, 11) is 0. The normalized spacial score (nSPS) is 18.1. The largest absolute Gasteiger partial charge is 0.462 e. The smallest absolute Gasteiger partial charge is 0.363 e. The van der Waals surface area contributed by atoms with E-state index >= 15 is 0 Å². The van der Waals surface area contributed by atoms with E-state index in [0.29, 0.717) is 19.6 Å². The molecule has 0 aromatic heterocycles. The van der Waals surface area contributed by atoms with Crippen molar-refractivity contribution in [2.24, 2.45) is 0 Å². The van der Waals surface area contributed by atoms with Crippen molar-refractivity contribution in [1.82, 2.24) is 0 Å². The van der Waals surface area contributed by atoms with Crippen molar-refractivity contribution in [3.63, 3.8) is 0 Å². The van der Waals surface area contributed by atoms with Crippen molar-refractivity contribution in [3.8, 4) is 0 Å². The molecule has 0 aromatic carbocycles. The minimum absolute atomic E-state index is 0.0136. The second-order valence-electron chi connectivity index (χ2n) is 2.32. The van der Waals surface area contributed by atoms with Crippen molar-refractivity contribution >= 4 is 5.97 Å². The van der Waals surface area contributed by atoms with Gasteiger partial charge in [0, 0.05) is 13.0 Å². The van der Waals surface area contributed by atoms with Crippen LogP contribution in [0.25, 0.3) is 0 Å². The lowest BCUT2D eigenvalue weighted by Gasteiger charge is -2.07. The molecule has 0 aliphatic carbocycles. The van der Waals surface area contributed by atoms with Crippen molar-refractivity contribution in [3.05, 3.63) is 0 Å². The third-order valence-corrected chi connectivity index (χ3v) is 1.36. The summed E-state index contributed by atoms with van der Waals surface area (Å²) in [5, 5.41) is 8.39. The summed E-state index contributed by atoms with van der Waals surface area (Å²) in [6.07, 6.45) is -0.415. The predicted octanol–water partition coefficient (Wildman–Crippen LogP) is -0.715. The van der Waals surface area contributed by atoms with Crippen LogP contribution in [0, 0.1) is 0 Å². The molecular weight excluding hydrogens is 164 g/mol. The monoisotopic (exact) mass is 176 g/mol. The molecule has 0 saturated carbocycles. The van der Waals surface area contributed by atoms with Gasteiger partial charge >= 0.3 is 5.97 Å². The quantitative estimate of drug-likeness (QED) is 0.452. The van der Waals surface area contributed by atoms with Gasteiger partial charge in [-0.2, -0.15) is 0 Å². The van der Waals surface area contributed by atoms with E-state index in [0.717, 1.165) is 0 Å². The minimum Gasteiger partial charge on any atom is -0.462 e. The highest BCUT2D eigenvalue weighted by Crippen LogP contribution is 2.05. The molecule has 5 heteroatoms. The van der Waals surface area contributed by atoms with Gasteiger partial charge in [0.2, 0.25) is 0 Å². The summed E-state index contributed by atoms with van der Waals surface area (Å²) in [4.78, 5) is 11.0. The number of hydrogen-bond donors (Lipinski definition) is 1. The number of esters is 1. The highest BCUT2D eigenvalue weighted by molar-refractivity contribution is 5.73. The van der Waals surface area contributed by atoms with Gasteiger partial charge < -0.3 is 19.3 Å². The molecule has 0 spiro atoms. The predicted molar refractivity (Wildman–Crippen MR) is 38.4 cm³/mol. The lowest BCUT2D eigenvalue weighted by molar-refractivity contribution is -0.172. The topological polar surface area (TPSA) is 65.0 Å². The Morgan fingerprint density at radius 3 is 2.75 bits per heavy atom. The number of rotatable bonds is 4. The average molecular weight is 176 g/mol. The maximum absolute atomic E-state index is 11.0. The van der Waals surface area contributed by atoms with Crippen molar-refractivity contribution < 1.29 is 24.1 Å². The molecule has 0 bridgehead atoms. The molecule has 0 radical (unpaired) electrons. The Balaban J connectivity index is 2.10. The first-order valence-corrected chi connectivity index (χ1v) is 3.85. The molecule has 5 nitrogen and oxygen atoms in total. The highest BCUT2D eigenvalue weighted by atomic mass is 16.7. The molecule has 1 aliphatic heterocycles. The molecular formula is C7H12O5. The summed E-state index contributed by atoms with van der Waals surface area (Å²) >= 11 is 0. The van der Waals surface area contributed by atoms with Crippen LogP contribution < -0.4 is 0 Å². The fraction of sp³-hybridized carbons (Fsp3) is 0.857. The van der Waals surface area contributed by atoms with Crippen molar-refractivity contribution in [1.29, 1.82) is 0 Å². The third kappa shape index (κ3) is 2.77. The molecule has 0 aromatic rings. The number of carbonyl (C=O) groups is 1. The Kier molecular flexibility index (Phi) is 3.99. The highest BCUT2D eigenvalue weighted by Gasteiger charge is 2.25. The van der Waals surface area contributed by atoms with Crippen LogP contribution in [-0.4, -0.2) is 43.8 Å². The van der Waals surface area contributed by atoms with E-state index in [1.54, 1.807) is 0 Å². The van der Waals surface area contributed by atoms with Gasteiger partial charge in [-0.3, -0.25) is 0 Å². The zero-order valence-electron chi connectivity index (χ0n) is 6.69. The molecule has 1 fully saturated rings. The molecule has 0 amide bonds. The van der Waals surface area contributed by atoms with Gasteiger partial charge in [-0.05, 0) is 0 Å². The number of carbonyl (C=O) groups excluding carboxylic acids is 1. The molecule has 0 atom stereocenters. The van der Waals surface area contributed by atoms with Crippen LogP contribution in [0.4, 0.5) is 0 Å². The van der Waals surface area contributed by atoms with Crippen LogP contribution in [-0.2, 0) is 19.0 Å². The summed E-state index contributed by atoms with van der Waals surface area (Å²) < 4.78 is 14.5. The average Bonchev–Trinajstić information content (AvgIpc) is 2.56. The van der Waals surface area contributed by atoms with E-state index in [4.69, 9.17) is 19.3 Å². The number of aliphatic hydroxyl groups is 1. The number of hydrogen-bond acceptors (Lipinski definition) is 5. The zero-order chi connectivity index (χ0) is 8.81. The van der Waals surface area contributed by atoms with Crippen LogP contribution in [0.3, 0.4) is 0 Å². The fourth-order valence-electron chi connectivity index (χ4n) is 0.800. The van der Waals surface area contributed by atoms with Crippen LogP contribution in [0.1, 0.15) is 6.42 Å². The molecule has 1 rings (SSSR count). The van der Waals surface area contributed by atoms with E-state index in [9.17, 15) is 4.79 Å². The van der Waals surface area contributed by atoms with Crippen molar-refractivity contribution in [2.75, 3.05) is 26.4 Å². The lowest BCUT2D eigenvalue weighted by atomic mass is 10.5. The molecule has 70 valence electrons. The summed E-state index contributed by atoms with van der Waals surface area (Å²) in [5.41, 5.74) is 0. The maximum Gasteiger partial charge on any atom is 0.363 e. The van der Waals surface area contributed by atoms with Gasteiger partial charge in [0.05, 0.1) is 19.8 Å². The van der Waals surface area contributed by atoms with E-state index < -0.39 is 12.3 Å². The van der Waals surface area contributed by atoms with Crippen LogP contribution >= 0.6 is 0 Å². The number of aliphatic hydroxyl groups excluding tert-OH is 1. The lowest BCUT2D eigenvalue weighted by Crippen LogP contribution is -2.24. The molecule has 1 aliphatic rings. The maximum atomic E-state index is 11.0. The molecule has 1 heterocycles. The second kappa shape index (κ2) is 5.08. The summed E-state index contributed by atoms with van der Waals surface area (Å²) in [6, 6.07) is 0. The Bertz CT molecular complexity index is 141. The molecule has 12 heavy (non-hydrogen) atoms. The van der Waals surface area contributed by atoms with Crippen LogP contribution in [0.5, 0.6) is 0 Å². The van der Waals surface area contributed by atoms with Gasteiger partial charge in [-0.25, -0.2) is 4.79 Å². The SMILES string of the molecule is O=C(OCCCO)C1OCCO1. The van der Waals surface area contributed by atoms with Gasteiger partial charge in [0.1, 0.15) is 0 Å². The van der Waals surface area contributed by atoms with Gasteiger partial charge in [-0.15, -0.1) is 0 Å². The Morgan fingerprint density at radius 2 is 2.17 bits per heavy atom. The van der Waals surface area contributed by atoms with E-state index in [2.05, 4.69) is 0 Å². The summed E-state index contributed by atoms with van der Waals surface area (Å²) in [5.74, 6) is -0.513. The van der Waals surface area contributed by atoms with Gasteiger partial charge in [-0.1, -0.05) is 0 Å². The van der Waals surface area contributed by atoms with Gasteiger partial charge in [0.15, 0.2) is 0 Å². The first kappa shape index (κ1) is 9.44. The molecule has 1 N–H and O–H groups in total. The molecule has 1 saturated heterocycles. The van der Waals surface area contributed by atoms with Crippen LogP contribution in [0.15, 0.2) is 0 Å². The third-order valence-electron chi connectivity index (χ3n) is 1.36. The van der Waals surface area contributed by atoms with E-state index in [-0.39, 0.29) is 13.2 Å².